The molecule has 1 unspecified atom stereocenters. The van der Waals surface area contributed by atoms with Crippen LogP contribution >= 0.6 is 15.9 Å². The predicted octanol–water partition coefficient (Wildman–Crippen LogP) is 3.54. The third kappa shape index (κ3) is 3.85. The Morgan fingerprint density at radius 1 is 1.09 bits per heavy atom. The normalized spacial score (nSPS) is 18.2. The van der Waals surface area contributed by atoms with Gasteiger partial charge in [0.05, 0.1) is 11.6 Å². The Labute approximate surface area is 203 Å². The highest BCUT2D eigenvalue weighted by Gasteiger charge is 2.49. The largest absolute Gasteiger partial charge is 0.497 e. The molecule has 8 nitrogen and oxygen atoms in total. The number of nitrogens with zero attached hydrogens (tertiary/aromatic N) is 2. The van der Waals surface area contributed by atoms with Gasteiger partial charge in [-0.25, -0.2) is 9.38 Å². The standard InChI is InChI=1S/C23H19BrFN3O5S/c1-28-21(29)23(27-22(28)26,15-7-9-19(25)18(24)11-15)14-5-3-13(4-6-14)17-12-16(33-2)8-10-20(17)34(30,31)32/h3-12H,1-2H3,(H2,26,27)(H,30,31,32). The highest BCUT2D eigenvalue weighted by atomic mass is 79.9. The first-order valence-corrected chi connectivity index (χ1v) is 12.1. The molecule has 1 aliphatic heterocycles. The molecule has 11 heteroatoms. The molecule has 0 spiro atoms. The summed E-state index contributed by atoms with van der Waals surface area (Å²) in [5.74, 6) is -0.544. The lowest BCUT2D eigenvalue weighted by atomic mass is 9.82. The van der Waals surface area contributed by atoms with Gasteiger partial charge in [0, 0.05) is 12.6 Å². The van der Waals surface area contributed by atoms with E-state index in [4.69, 9.17) is 10.5 Å². The molecule has 4 rings (SSSR count). The molecule has 176 valence electrons. The number of ether oxygens (including phenoxy) is 1. The van der Waals surface area contributed by atoms with Crippen molar-refractivity contribution in [1.82, 2.24) is 4.90 Å². The zero-order chi connectivity index (χ0) is 24.8. The molecule has 3 N–H and O–H groups in total. The number of aliphatic imine (C=N–C) groups is 1. The summed E-state index contributed by atoms with van der Waals surface area (Å²) in [4.78, 5) is 18.7. The van der Waals surface area contributed by atoms with Crippen molar-refractivity contribution in [3.05, 3.63) is 82.1 Å². The summed E-state index contributed by atoms with van der Waals surface area (Å²) < 4.78 is 52.8. The average molecular weight is 548 g/mol. The Hall–Kier alpha value is -3.28. The third-order valence-electron chi connectivity index (χ3n) is 5.66. The van der Waals surface area contributed by atoms with Crippen LogP contribution in [0, 0.1) is 5.82 Å². The molecule has 0 fully saturated rings. The quantitative estimate of drug-likeness (QED) is 0.471. The van der Waals surface area contributed by atoms with Gasteiger partial charge < -0.3 is 10.5 Å². The van der Waals surface area contributed by atoms with E-state index in [1.807, 2.05) is 0 Å². The van der Waals surface area contributed by atoms with E-state index in [0.29, 0.717) is 22.4 Å². The second-order valence-electron chi connectivity index (χ2n) is 7.59. The summed E-state index contributed by atoms with van der Waals surface area (Å²) in [7, 11) is -1.59. The zero-order valence-corrected chi connectivity index (χ0v) is 20.4. The monoisotopic (exact) mass is 547 g/mol. The Morgan fingerprint density at radius 2 is 1.74 bits per heavy atom. The maximum absolute atomic E-state index is 13.9. The molecule has 0 aromatic heterocycles. The van der Waals surface area contributed by atoms with Crippen molar-refractivity contribution in [1.29, 1.82) is 0 Å². The minimum absolute atomic E-state index is 0.00372. The van der Waals surface area contributed by atoms with Crippen LogP contribution in [0.15, 0.2) is 75.0 Å². The lowest BCUT2D eigenvalue weighted by Crippen LogP contribution is -2.41. The van der Waals surface area contributed by atoms with Crippen molar-refractivity contribution in [2.75, 3.05) is 14.2 Å². The number of likely N-dealkylation sites (N-methyl/N-ethyl adjacent to an activating group) is 1. The first kappa shape index (κ1) is 23.9. The highest BCUT2D eigenvalue weighted by molar-refractivity contribution is 9.10. The molecule has 0 bridgehead atoms. The van der Waals surface area contributed by atoms with Crippen LogP contribution in [0.5, 0.6) is 5.75 Å². The van der Waals surface area contributed by atoms with Gasteiger partial charge >= 0.3 is 0 Å². The summed E-state index contributed by atoms with van der Waals surface area (Å²) >= 11 is 3.15. The molecular formula is C23H19BrFN3O5S. The first-order valence-electron chi connectivity index (χ1n) is 9.84. The fourth-order valence-electron chi connectivity index (χ4n) is 3.88. The smallest absolute Gasteiger partial charge is 0.295 e. The van der Waals surface area contributed by atoms with Crippen molar-refractivity contribution < 1.29 is 26.9 Å². The van der Waals surface area contributed by atoms with Crippen LogP contribution in [-0.2, 0) is 20.5 Å². The number of nitrogens with two attached hydrogens (primary N) is 1. The Kier molecular flexibility index (Phi) is 5.96. The molecule has 0 aliphatic carbocycles. The number of halogens is 2. The van der Waals surface area contributed by atoms with Crippen LogP contribution in [0.25, 0.3) is 11.1 Å². The number of benzene rings is 3. The molecular weight excluding hydrogens is 529 g/mol. The van der Waals surface area contributed by atoms with E-state index < -0.39 is 27.4 Å². The predicted molar refractivity (Wildman–Crippen MR) is 128 cm³/mol. The molecule has 34 heavy (non-hydrogen) atoms. The van der Waals surface area contributed by atoms with Gasteiger partial charge in [-0.05, 0) is 63.0 Å². The molecule has 3 aromatic carbocycles. The van der Waals surface area contributed by atoms with Gasteiger partial charge in [-0.3, -0.25) is 14.2 Å². The number of hydrogen-bond acceptors (Lipinski definition) is 6. The summed E-state index contributed by atoms with van der Waals surface area (Å²) in [6.07, 6.45) is 0. The van der Waals surface area contributed by atoms with E-state index in [1.54, 1.807) is 24.3 Å². The number of amides is 1. The molecule has 3 aromatic rings. The second kappa shape index (κ2) is 8.49. The van der Waals surface area contributed by atoms with Crippen LogP contribution in [0.1, 0.15) is 11.1 Å². The zero-order valence-electron chi connectivity index (χ0n) is 18.0. The molecule has 0 saturated heterocycles. The Balaban J connectivity index is 1.90. The first-order chi connectivity index (χ1) is 16.0. The van der Waals surface area contributed by atoms with Crippen LogP contribution in [-0.4, -0.2) is 43.9 Å². The van der Waals surface area contributed by atoms with E-state index in [2.05, 4.69) is 20.9 Å². The molecule has 0 saturated carbocycles. The van der Waals surface area contributed by atoms with Crippen LogP contribution < -0.4 is 10.5 Å². The summed E-state index contributed by atoms with van der Waals surface area (Å²) in [6, 6.07) is 14.7. The van der Waals surface area contributed by atoms with Crippen molar-refractivity contribution >= 4 is 37.9 Å². The number of guanidine groups is 1. The maximum atomic E-state index is 13.9. The maximum Gasteiger partial charge on any atom is 0.295 e. The molecule has 1 amide bonds. The van der Waals surface area contributed by atoms with Crippen LogP contribution in [0.2, 0.25) is 0 Å². The summed E-state index contributed by atoms with van der Waals surface area (Å²) in [5.41, 5.74) is 5.89. The average Bonchev–Trinajstić information content (AvgIpc) is 3.04. The fraction of sp³-hybridized carbons (Fsp3) is 0.130. The van der Waals surface area contributed by atoms with Gasteiger partial charge in [-0.2, -0.15) is 8.42 Å². The van der Waals surface area contributed by atoms with E-state index >= 15 is 0 Å². The number of carbonyl (C=O) groups excluding carboxylic acids is 1. The van der Waals surface area contributed by atoms with Crippen molar-refractivity contribution in [3.63, 3.8) is 0 Å². The minimum atomic E-state index is -4.52. The fourth-order valence-corrected chi connectivity index (χ4v) is 4.96. The summed E-state index contributed by atoms with van der Waals surface area (Å²) in [6.45, 7) is 0. The lowest BCUT2D eigenvalue weighted by Gasteiger charge is -2.26. The van der Waals surface area contributed by atoms with Gasteiger partial charge in [-0.15, -0.1) is 0 Å². The van der Waals surface area contributed by atoms with Crippen molar-refractivity contribution in [2.24, 2.45) is 10.7 Å². The molecule has 1 atom stereocenters. The van der Waals surface area contributed by atoms with E-state index in [9.17, 15) is 22.2 Å². The Morgan fingerprint density at radius 3 is 2.26 bits per heavy atom. The van der Waals surface area contributed by atoms with Gasteiger partial charge in [0.15, 0.2) is 11.5 Å². The van der Waals surface area contributed by atoms with E-state index in [-0.39, 0.29) is 20.9 Å². The second-order valence-corrected chi connectivity index (χ2v) is 9.83. The number of methoxy groups -OCH3 is 1. The number of hydrogen-bond donors (Lipinski definition) is 2. The van der Waals surface area contributed by atoms with Crippen LogP contribution in [0.4, 0.5) is 4.39 Å². The topological polar surface area (TPSA) is 122 Å². The van der Waals surface area contributed by atoms with E-state index in [0.717, 1.165) is 0 Å². The van der Waals surface area contributed by atoms with E-state index in [1.165, 1.54) is 55.5 Å². The van der Waals surface area contributed by atoms with Crippen LogP contribution in [0.3, 0.4) is 0 Å². The highest BCUT2D eigenvalue weighted by Crippen LogP contribution is 2.41. The molecule has 0 radical (unpaired) electrons. The number of carbonyl (C=O) groups is 1. The molecule has 1 aliphatic rings. The number of rotatable bonds is 5. The molecule has 1 heterocycles. The third-order valence-corrected chi connectivity index (χ3v) is 7.18. The van der Waals surface area contributed by atoms with Gasteiger partial charge in [-0.1, -0.05) is 30.3 Å². The van der Waals surface area contributed by atoms with Gasteiger partial charge in [0.25, 0.3) is 16.0 Å². The van der Waals surface area contributed by atoms with Crippen molar-refractivity contribution in [2.45, 2.75) is 10.4 Å². The Bertz CT molecular complexity index is 1440. The minimum Gasteiger partial charge on any atom is -0.497 e. The van der Waals surface area contributed by atoms with Crippen molar-refractivity contribution in [3.8, 4) is 16.9 Å². The van der Waals surface area contributed by atoms with Gasteiger partial charge in [0.1, 0.15) is 16.5 Å². The SMILES string of the molecule is COc1ccc(S(=O)(=O)O)c(-c2ccc(C3(c4ccc(F)c(Br)c4)N=C(N)N(C)C3=O)cc2)c1. The lowest BCUT2D eigenvalue weighted by molar-refractivity contribution is -0.129. The van der Waals surface area contributed by atoms with Gasteiger partial charge in [0.2, 0.25) is 0 Å². The summed E-state index contributed by atoms with van der Waals surface area (Å²) in [5, 5.41) is 0.